The first kappa shape index (κ1) is 13.8. The van der Waals surface area contributed by atoms with Crippen LogP contribution in [0.15, 0.2) is 22.7 Å². The molecule has 1 aromatic rings. The van der Waals surface area contributed by atoms with Crippen LogP contribution in [0.2, 0.25) is 0 Å². The fourth-order valence-electron chi connectivity index (χ4n) is 0.961. The molecule has 0 radical (unpaired) electrons. The Hall–Kier alpha value is -1.24. The third kappa shape index (κ3) is 5.08. The molecule has 17 heavy (non-hydrogen) atoms. The molecule has 0 N–H and O–H groups in total. The zero-order valence-electron chi connectivity index (χ0n) is 8.68. The number of halogens is 4. The van der Waals surface area contributed by atoms with E-state index in [-0.39, 0.29) is 22.6 Å². The Morgan fingerprint density at radius 2 is 2.06 bits per heavy atom. The monoisotopic (exact) mass is 312 g/mol. The van der Waals surface area contributed by atoms with Crippen molar-refractivity contribution in [1.29, 1.82) is 0 Å². The molecule has 0 fully saturated rings. The first-order valence-electron chi connectivity index (χ1n) is 4.45. The number of benzene rings is 1. The maximum absolute atomic E-state index is 12.0. The predicted octanol–water partition coefficient (Wildman–Crippen LogP) is 3.32. The number of hydrogen-bond acceptors (Lipinski definition) is 3. The zero-order chi connectivity index (χ0) is 13.1. The number of ketones is 1. The molecule has 0 unspecified atom stereocenters. The molecule has 1 rings (SSSR count). The molecule has 0 heterocycles. The Kier molecular flexibility index (Phi) is 4.39. The quantitative estimate of drug-likeness (QED) is 0.855. The summed E-state index contributed by atoms with van der Waals surface area (Å²) in [6.07, 6.45) is -4.78. The summed E-state index contributed by atoms with van der Waals surface area (Å²) in [5.41, 5.74) is 0. The van der Waals surface area contributed by atoms with Gasteiger partial charge >= 0.3 is 6.36 Å². The molecule has 0 atom stereocenters. The molecule has 3 nitrogen and oxygen atoms in total. The molecule has 0 saturated heterocycles. The highest BCUT2D eigenvalue weighted by Crippen LogP contribution is 2.33. The highest BCUT2D eigenvalue weighted by molar-refractivity contribution is 9.10. The van der Waals surface area contributed by atoms with Crippen molar-refractivity contribution in [2.75, 3.05) is 6.61 Å². The fourth-order valence-corrected chi connectivity index (χ4v) is 1.29. The van der Waals surface area contributed by atoms with Gasteiger partial charge in [-0.3, -0.25) is 4.79 Å². The first-order valence-corrected chi connectivity index (χ1v) is 5.25. The SMILES string of the molecule is CC(=O)COc1ccc(Br)c(OC(F)(F)F)c1. The lowest BCUT2D eigenvalue weighted by molar-refractivity contribution is -0.274. The summed E-state index contributed by atoms with van der Waals surface area (Å²) in [7, 11) is 0. The number of carbonyl (C=O) groups excluding carboxylic acids is 1. The van der Waals surface area contributed by atoms with Gasteiger partial charge in [-0.2, -0.15) is 0 Å². The van der Waals surface area contributed by atoms with Crippen LogP contribution in [0.3, 0.4) is 0 Å². The van der Waals surface area contributed by atoms with Gasteiger partial charge in [-0.15, -0.1) is 13.2 Å². The van der Waals surface area contributed by atoms with Crippen molar-refractivity contribution < 1.29 is 27.4 Å². The average Bonchev–Trinajstić information content (AvgIpc) is 2.17. The minimum atomic E-state index is -4.78. The number of ether oxygens (including phenoxy) is 2. The molecule has 0 bridgehead atoms. The van der Waals surface area contributed by atoms with Crippen molar-refractivity contribution in [3.8, 4) is 11.5 Å². The zero-order valence-corrected chi connectivity index (χ0v) is 10.3. The Balaban J connectivity index is 2.83. The van der Waals surface area contributed by atoms with Gasteiger partial charge in [0.2, 0.25) is 0 Å². The van der Waals surface area contributed by atoms with E-state index in [2.05, 4.69) is 20.7 Å². The van der Waals surface area contributed by atoms with Crippen molar-refractivity contribution in [2.24, 2.45) is 0 Å². The van der Waals surface area contributed by atoms with E-state index < -0.39 is 12.1 Å². The number of carbonyl (C=O) groups is 1. The van der Waals surface area contributed by atoms with Gasteiger partial charge in [0.15, 0.2) is 5.78 Å². The topological polar surface area (TPSA) is 35.5 Å². The minimum absolute atomic E-state index is 0.127. The van der Waals surface area contributed by atoms with E-state index >= 15 is 0 Å². The summed E-state index contributed by atoms with van der Waals surface area (Å²) in [4.78, 5) is 10.7. The van der Waals surface area contributed by atoms with Crippen molar-refractivity contribution >= 4 is 21.7 Å². The van der Waals surface area contributed by atoms with Gasteiger partial charge in [0.05, 0.1) is 4.47 Å². The molecule has 0 amide bonds. The summed E-state index contributed by atoms with van der Waals surface area (Å²) in [6.45, 7) is 1.11. The molecule has 7 heteroatoms. The fraction of sp³-hybridized carbons (Fsp3) is 0.300. The second kappa shape index (κ2) is 5.39. The second-order valence-electron chi connectivity index (χ2n) is 3.13. The van der Waals surface area contributed by atoms with E-state index in [4.69, 9.17) is 4.74 Å². The van der Waals surface area contributed by atoms with E-state index in [0.717, 1.165) is 6.07 Å². The van der Waals surface area contributed by atoms with Gasteiger partial charge in [-0.25, -0.2) is 0 Å². The van der Waals surface area contributed by atoms with Gasteiger partial charge in [0.25, 0.3) is 0 Å². The molecular formula is C10H8BrF3O3. The number of rotatable bonds is 4. The van der Waals surface area contributed by atoms with Crippen molar-refractivity contribution in [1.82, 2.24) is 0 Å². The van der Waals surface area contributed by atoms with Crippen LogP contribution in [0.25, 0.3) is 0 Å². The molecule has 0 spiro atoms. The van der Waals surface area contributed by atoms with Crippen LogP contribution in [-0.2, 0) is 4.79 Å². The van der Waals surface area contributed by atoms with Crippen LogP contribution in [0.1, 0.15) is 6.92 Å². The predicted molar refractivity (Wildman–Crippen MR) is 57.0 cm³/mol. The normalized spacial score (nSPS) is 11.1. The molecule has 0 saturated carbocycles. The van der Waals surface area contributed by atoms with Crippen molar-refractivity contribution in [3.05, 3.63) is 22.7 Å². The molecule has 94 valence electrons. The van der Waals surface area contributed by atoms with Gasteiger partial charge in [0, 0.05) is 6.07 Å². The molecule has 1 aromatic carbocycles. The number of hydrogen-bond donors (Lipinski definition) is 0. The summed E-state index contributed by atoms with van der Waals surface area (Å²) >= 11 is 2.92. The van der Waals surface area contributed by atoms with Gasteiger partial charge < -0.3 is 9.47 Å². The lowest BCUT2D eigenvalue weighted by atomic mass is 10.3. The highest BCUT2D eigenvalue weighted by atomic mass is 79.9. The Morgan fingerprint density at radius 3 is 2.59 bits per heavy atom. The van der Waals surface area contributed by atoms with E-state index in [1.54, 1.807) is 0 Å². The van der Waals surface area contributed by atoms with Crippen LogP contribution < -0.4 is 9.47 Å². The van der Waals surface area contributed by atoms with E-state index in [9.17, 15) is 18.0 Å². The lowest BCUT2D eigenvalue weighted by Crippen LogP contribution is -2.17. The molecule has 0 aliphatic carbocycles. The van der Waals surface area contributed by atoms with E-state index in [1.807, 2.05) is 0 Å². The first-order chi connectivity index (χ1) is 7.78. The Morgan fingerprint density at radius 1 is 1.41 bits per heavy atom. The standard InChI is InChI=1S/C10H8BrF3O3/c1-6(15)5-16-7-2-3-8(11)9(4-7)17-10(12,13)14/h2-4H,5H2,1H3. The third-order valence-electron chi connectivity index (χ3n) is 1.57. The number of alkyl halides is 3. The largest absolute Gasteiger partial charge is 0.573 e. The van der Waals surface area contributed by atoms with Gasteiger partial charge in [-0.1, -0.05) is 0 Å². The molecular weight excluding hydrogens is 305 g/mol. The lowest BCUT2D eigenvalue weighted by Gasteiger charge is -2.12. The molecule has 0 aromatic heterocycles. The smallest absolute Gasteiger partial charge is 0.486 e. The van der Waals surface area contributed by atoms with Gasteiger partial charge in [0.1, 0.15) is 18.1 Å². The maximum Gasteiger partial charge on any atom is 0.573 e. The van der Waals surface area contributed by atoms with Crippen LogP contribution in [-0.4, -0.2) is 18.8 Å². The van der Waals surface area contributed by atoms with Crippen molar-refractivity contribution in [2.45, 2.75) is 13.3 Å². The Labute approximate surface area is 104 Å². The summed E-state index contributed by atoms with van der Waals surface area (Å²) in [6, 6.07) is 3.83. The maximum atomic E-state index is 12.0. The van der Waals surface area contributed by atoms with Crippen LogP contribution in [0.4, 0.5) is 13.2 Å². The summed E-state index contributed by atoms with van der Waals surface area (Å²) in [5, 5.41) is 0. The van der Waals surface area contributed by atoms with Crippen LogP contribution in [0.5, 0.6) is 11.5 Å². The summed E-state index contributed by atoms with van der Waals surface area (Å²) < 4.78 is 45.0. The third-order valence-corrected chi connectivity index (χ3v) is 2.23. The number of Topliss-reactive ketones (excluding diaryl/α,β-unsaturated/α-hetero) is 1. The highest BCUT2D eigenvalue weighted by Gasteiger charge is 2.32. The van der Waals surface area contributed by atoms with E-state index in [1.165, 1.54) is 19.1 Å². The van der Waals surface area contributed by atoms with Crippen LogP contribution >= 0.6 is 15.9 Å². The van der Waals surface area contributed by atoms with Gasteiger partial charge in [-0.05, 0) is 35.0 Å². The average molecular weight is 313 g/mol. The van der Waals surface area contributed by atoms with Crippen molar-refractivity contribution in [3.63, 3.8) is 0 Å². The minimum Gasteiger partial charge on any atom is -0.486 e. The molecule has 0 aliphatic rings. The second-order valence-corrected chi connectivity index (χ2v) is 3.99. The van der Waals surface area contributed by atoms with Crippen LogP contribution in [0, 0.1) is 0 Å². The Bertz CT molecular complexity index is 418. The summed E-state index contributed by atoms with van der Waals surface area (Å²) in [5.74, 6) is -0.521. The van der Waals surface area contributed by atoms with E-state index in [0.29, 0.717) is 0 Å². The molecule has 0 aliphatic heterocycles.